The van der Waals surface area contributed by atoms with Gasteiger partial charge < -0.3 is 37.3 Å². The Bertz CT molecular complexity index is 636. The molecule has 0 aromatic heterocycles. The van der Waals surface area contributed by atoms with Crippen molar-refractivity contribution in [2.45, 2.75) is 57.2 Å². The summed E-state index contributed by atoms with van der Waals surface area (Å²) in [5, 5.41) is 11.4. The van der Waals surface area contributed by atoms with Crippen LogP contribution in [-0.2, 0) is 23.9 Å². The summed E-state index contributed by atoms with van der Waals surface area (Å²) in [4.78, 5) is 53.2. The molecule has 1 aliphatic rings. The summed E-state index contributed by atoms with van der Waals surface area (Å²) in [5.74, 6) is -2.98. The molecule has 8 N–H and O–H groups in total. The van der Waals surface area contributed by atoms with E-state index in [-0.39, 0.29) is 25.5 Å². The highest BCUT2D eigenvalue weighted by molar-refractivity contribution is 5.93. The minimum atomic E-state index is -1.23. The van der Waals surface area contributed by atoms with Crippen molar-refractivity contribution in [3.63, 3.8) is 0 Å². The van der Waals surface area contributed by atoms with Gasteiger partial charge in [-0.3, -0.25) is 19.4 Å². The molecular weight excluding hydrogens is 384 g/mol. The Hall–Kier alpha value is -2.89. The third kappa shape index (κ3) is 7.94. The van der Waals surface area contributed by atoms with Crippen molar-refractivity contribution in [2.24, 2.45) is 22.2 Å². The number of carbonyl (C=O) groups excluding carboxylic acids is 3. The van der Waals surface area contributed by atoms with Crippen LogP contribution in [-0.4, -0.2) is 77.5 Å². The Morgan fingerprint density at radius 2 is 2.00 bits per heavy atom. The van der Waals surface area contributed by atoms with Crippen LogP contribution in [0.2, 0.25) is 0 Å². The van der Waals surface area contributed by atoms with Gasteiger partial charge in [-0.05, 0) is 32.6 Å². The molecule has 0 aromatic carbocycles. The molecule has 0 aliphatic carbocycles. The van der Waals surface area contributed by atoms with Gasteiger partial charge in [-0.15, -0.1) is 0 Å². The topological polar surface area (TPSA) is 203 Å². The Balaban J connectivity index is 2.77. The number of aliphatic carboxylic acids is 1. The lowest BCUT2D eigenvalue weighted by Gasteiger charge is -2.27. The molecule has 12 nitrogen and oxygen atoms in total. The lowest BCUT2D eigenvalue weighted by molar-refractivity contribution is -0.149. The SMILES string of the molecule is CCOC(=O)C(CCCN=C(N)N)NC(=O)C1CCCN1C(=O)C(N)CC(=O)O. The number of hydrogen-bond donors (Lipinski definition) is 5. The Morgan fingerprint density at radius 3 is 2.59 bits per heavy atom. The van der Waals surface area contributed by atoms with Crippen molar-refractivity contribution in [1.82, 2.24) is 10.2 Å². The van der Waals surface area contributed by atoms with Crippen molar-refractivity contribution in [3.8, 4) is 0 Å². The number of aliphatic imine (C=N–C) groups is 1. The highest BCUT2D eigenvalue weighted by atomic mass is 16.5. The second-order valence-corrected chi connectivity index (χ2v) is 6.66. The van der Waals surface area contributed by atoms with Crippen LogP contribution < -0.4 is 22.5 Å². The predicted octanol–water partition coefficient (Wildman–Crippen LogP) is -2.12. The standard InChI is InChI=1S/C17H30N6O6/c1-2-29-16(28)11(5-3-7-21-17(19)20)22-14(26)12-6-4-8-23(12)15(27)10(18)9-13(24)25/h10-12H,2-9,18H2,1H3,(H,22,26)(H,24,25)(H4,19,20,21). The molecule has 2 amide bonds. The molecule has 1 saturated heterocycles. The van der Waals surface area contributed by atoms with Crippen LogP contribution in [0.15, 0.2) is 4.99 Å². The first-order chi connectivity index (χ1) is 13.7. The summed E-state index contributed by atoms with van der Waals surface area (Å²) in [6.45, 7) is 2.37. The van der Waals surface area contributed by atoms with E-state index in [1.165, 1.54) is 4.90 Å². The average Bonchev–Trinajstić information content (AvgIpc) is 3.12. The number of nitrogens with one attached hydrogen (secondary N) is 1. The monoisotopic (exact) mass is 414 g/mol. The van der Waals surface area contributed by atoms with Gasteiger partial charge in [-0.25, -0.2) is 4.79 Å². The van der Waals surface area contributed by atoms with Crippen molar-refractivity contribution in [1.29, 1.82) is 0 Å². The van der Waals surface area contributed by atoms with Gasteiger partial charge in [-0.2, -0.15) is 0 Å². The van der Waals surface area contributed by atoms with E-state index < -0.39 is 48.3 Å². The highest BCUT2D eigenvalue weighted by Crippen LogP contribution is 2.19. The second kappa shape index (κ2) is 11.8. The summed E-state index contributed by atoms with van der Waals surface area (Å²) in [6, 6.07) is -2.97. The van der Waals surface area contributed by atoms with Gasteiger partial charge in [-0.1, -0.05) is 0 Å². The molecule has 0 bridgehead atoms. The number of ether oxygens (including phenoxy) is 1. The van der Waals surface area contributed by atoms with Crippen LogP contribution in [0.1, 0.15) is 39.0 Å². The number of nitrogens with two attached hydrogens (primary N) is 3. The fourth-order valence-electron chi connectivity index (χ4n) is 3.05. The number of likely N-dealkylation sites (tertiary alicyclic amines) is 1. The third-order valence-corrected chi connectivity index (χ3v) is 4.38. The zero-order valence-electron chi connectivity index (χ0n) is 16.5. The predicted molar refractivity (Wildman–Crippen MR) is 103 cm³/mol. The number of carboxylic acids is 1. The van der Waals surface area contributed by atoms with Gasteiger partial charge in [0.2, 0.25) is 11.8 Å². The van der Waals surface area contributed by atoms with Gasteiger partial charge in [0.15, 0.2) is 5.96 Å². The largest absolute Gasteiger partial charge is 0.481 e. The minimum absolute atomic E-state index is 0.0699. The first-order valence-corrected chi connectivity index (χ1v) is 9.47. The highest BCUT2D eigenvalue weighted by Gasteiger charge is 2.38. The van der Waals surface area contributed by atoms with E-state index in [0.717, 1.165) is 0 Å². The number of amides is 2. The van der Waals surface area contributed by atoms with Gasteiger partial charge in [0.1, 0.15) is 12.1 Å². The molecule has 164 valence electrons. The fraction of sp³-hybridized carbons (Fsp3) is 0.706. The molecule has 29 heavy (non-hydrogen) atoms. The van der Waals surface area contributed by atoms with E-state index in [2.05, 4.69) is 10.3 Å². The molecule has 0 radical (unpaired) electrons. The zero-order chi connectivity index (χ0) is 22.0. The maximum absolute atomic E-state index is 12.7. The molecule has 1 heterocycles. The van der Waals surface area contributed by atoms with E-state index in [1.54, 1.807) is 6.92 Å². The van der Waals surface area contributed by atoms with E-state index in [0.29, 0.717) is 25.8 Å². The molecule has 1 rings (SSSR count). The molecular formula is C17H30N6O6. The fourth-order valence-corrected chi connectivity index (χ4v) is 3.05. The van der Waals surface area contributed by atoms with E-state index in [4.69, 9.17) is 27.0 Å². The second-order valence-electron chi connectivity index (χ2n) is 6.66. The Labute approximate surface area is 168 Å². The average molecular weight is 414 g/mol. The summed E-state index contributed by atoms with van der Waals surface area (Å²) in [5.41, 5.74) is 16.2. The number of nitrogens with zero attached hydrogens (tertiary/aromatic N) is 2. The van der Waals surface area contributed by atoms with E-state index in [1.807, 2.05) is 0 Å². The molecule has 1 aliphatic heterocycles. The zero-order valence-corrected chi connectivity index (χ0v) is 16.5. The number of rotatable bonds is 11. The molecule has 0 aromatic rings. The molecule has 1 fully saturated rings. The van der Waals surface area contributed by atoms with Crippen LogP contribution in [0.3, 0.4) is 0 Å². The lowest BCUT2D eigenvalue weighted by atomic mass is 10.1. The molecule has 12 heteroatoms. The van der Waals surface area contributed by atoms with Gasteiger partial charge >= 0.3 is 11.9 Å². The van der Waals surface area contributed by atoms with Crippen LogP contribution in [0.4, 0.5) is 0 Å². The summed E-state index contributed by atoms with van der Waals surface area (Å²) < 4.78 is 5.00. The lowest BCUT2D eigenvalue weighted by Crippen LogP contribution is -2.54. The number of hydrogen-bond acceptors (Lipinski definition) is 7. The summed E-state index contributed by atoms with van der Waals surface area (Å²) in [6.07, 6.45) is 1.11. The molecule has 0 saturated carbocycles. The van der Waals surface area contributed by atoms with Crippen LogP contribution >= 0.6 is 0 Å². The first-order valence-electron chi connectivity index (χ1n) is 9.47. The summed E-state index contributed by atoms with van der Waals surface area (Å²) >= 11 is 0. The molecule has 0 spiro atoms. The van der Waals surface area contributed by atoms with E-state index in [9.17, 15) is 19.2 Å². The van der Waals surface area contributed by atoms with Crippen LogP contribution in [0, 0.1) is 0 Å². The van der Waals surface area contributed by atoms with Gasteiger partial charge in [0, 0.05) is 13.1 Å². The first kappa shape index (κ1) is 24.1. The van der Waals surface area contributed by atoms with Gasteiger partial charge in [0.05, 0.1) is 19.1 Å². The smallest absolute Gasteiger partial charge is 0.328 e. The van der Waals surface area contributed by atoms with Crippen molar-refractivity contribution >= 4 is 29.7 Å². The summed E-state index contributed by atoms with van der Waals surface area (Å²) in [7, 11) is 0. The van der Waals surface area contributed by atoms with E-state index >= 15 is 0 Å². The molecule has 3 atom stereocenters. The van der Waals surface area contributed by atoms with Crippen molar-refractivity contribution in [2.75, 3.05) is 19.7 Å². The van der Waals surface area contributed by atoms with Gasteiger partial charge in [0.25, 0.3) is 0 Å². The van der Waals surface area contributed by atoms with Crippen LogP contribution in [0.5, 0.6) is 0 Å². The quantitative estimate of drug-likeness (QED) is 0.108. The van der Waals surface area contributed by atoms with Crippen LogP contribution in [0.25, 0.3) is 0 Å². The Morgan fingerprint density at radius 1 is 1.31 bits per heavy atom. The minimum Gasteiger partial charge on any atom is -0.481 e. The number of carbonyl (C=O) groups is 4. The Kier molecular flexibility index (Phi) is 9.86. The number of esters is 1. The van der Waals surface area contributed by atoms with Crippen molar-refractivity contribution < 1.29 is 29.0 Å². The molecule has 3 unspecified atom stereocenters. The number of guanidine groups is 1. The van der Waals surface area contributed by atoms with Crippen molar-refractivity contribution in [3.05, 3.63) is 0 Å². The normalized spacial score (nSPS) is 17.9. The third-order valence-electron chi connectivity index (χ3n) is 4.38. The maximum atomic E-state index is 12.7. The maximum Gasteiger partial charge on any atom is 0.328 e. The number of carboxylic acid groups (broad SMARTS) is 1.